The van der Waals surface area contributed by atoms with Gasteiger partial charge >= 0.3 is 0 Å². The van der Waals surface area contributed by atoms with Crippen molar-refractivity contribution >= 4 is 21.9 Å². The van der Waals surface area contributed by atoms with E-state index >= 15 is 0 Å². The van der Waals surface area contributed by atoms with Crippen molar-refractivity contribution in [2.45, 2.75) is 11.7 Å². The molecule has 1 atom stereocenters. The highest BCUT2D eigenvalue weighted by molar-refractivity contribution is 7.88. The fourth-order valence-corrected chi connectivity index (χ4v) is 1.85. The van der Waals surface area contributed by atoms with Gasteiger partial charge in [-0.1, -0.05) is 0 Å². The molecule has 0 spiro atoms. The van der Waals surface area contributed by atoms with Gasteiger partial charge in [-0.15, -0.1) is 0 Å². The predicted molar refractivity (Wildman–Crippen MR) is 39.6 cm³/mol. The minimum Gasteiger partial charge on any atom is -0.750 e. The molecule has 0 aromatic carbocycles. The number of carbonyl (C=O) groups is 2. The lowest BCUT2D eigenvalue weighted by atomic mass is 10.4. The van der Waals surface area contributed by atoms with Gasteiger partial charge in [0.2, 0.25) is 11.8 Å². The smallest absolute Gasteiger partial charge is 0.279 e. The standard InChI is InChI=1S/C5H6NO6S/c1-12-13(10,11)3-2-4(7)6(9)5(3)8/h3H,2H2,1H3/q-1. The minimum absolute atomic E-state index is 0.457. The summed E-state index contributed by atoms with van der Waals surface area (Å²) in [7, 11) is -3.26. The largest absolute Gasteiger partial charge is 0.750 e. The Balaban J connectivity index is 3.00. The van der Waals surface area contributed by atoms with Crippen LogP contribution in [0.3, 0.4) is 0 Å². The molecule has 0 aliphatic carbocycles. The van der Waals surface area contributed by atoms with Crippen LogP contribution in [0.5, 0.6) is 0 Å². The zero-order chi connectivity index (χ0) is 10.2. The summed E-state index contributed by atoms with van der Waals surface area (Å²) in [6.45, 7) is 0. The van der Waals surface area contributed by atoms with E-state index in [1.54, 1.807) is 0 Å². The maximum absolute atomic E-state index is 10.9. The molecule has 1 heterocycles. The van der Waals surface area contributed by atoms with Crippen LogP contribution in [0.2, 0.25) is 0 Å². The summed E-state index contributed by atoms with van der Waals surface area (Å²) in [6.07, 6.45) is -0.640. The van der Waals surface area contributed by atoms with Crippen LogP contribution in [-0.2, 0) is 23.9 Å². The molecule has 74 valence electrons. The molecule has 1 aliphatic rings. The second-order valence-electron chi connectivity index (χ2n) is 2.38. The van der Waals surface area contributed by atoms with Crippen LogP contribution >= 0.6 is 0 Å². The van der Waals surface area contributed by atoms with Gasteiger partial charge < -0.3 is 10.3 Å². The summed E-state index contributed by atoms with van der Waals surface area (Å²) < 4.78 is 25.9. The summed E-state index contributed by atoms with van der Waals surface area (Å²) in [6, 6.07) is 0. The molecule has 0 saturated carbocycles. The monoisotopic (exact) mass is 208 g/mol. The molecular weight excluding hydrogens is 202 g/mol. The molecule has 1 saturated heterocycles. The molecule has 1 aliphatic heterocycles. The Bertz CT molecular complexity index is 346. The van der Waals surface area contributed by atoms with Crippen molar-refractivity contribution in [1.29, 1.82) is 0 Å². The third kappa shape index (κ3) is 1.55. The summed E-state index contributed by atoms with van der Waals surface area (Å²) in [4.78, 5) is 21.5. The van der Waals surface area contributed by atoms with Crippen molar-refractivity contribution in [3.05, 3.63) is 5.21 Å². The Morgan fingerprint density at radius 1 is 1.54 bits per heavy atom. The molecule has 0 aromatic rings. The summed E-state index contributed by atoms with van der Waals surface area (Å²) in [5.41, 5.74) is 0. The van der Waals surface area contributed by atoms with E-state index in [4.69, 9.17) is 0 Å². The molecule has 0 bridgehead atoms. The maximum Gasteiger partial charge on any atom is 0.279 e. The van der Waals surface area contributed by atoms with Gasteiger partial charge in [0.25, 0.3) is 10.1 Å². The lowest BCUT2D eigenvalue weighted by Gasteiger charge is -2.18. The van der Waals surface area contributed by atoms with Crippen LogP contribution in [-0.4, -0.2) is 37.7 Å². The average molecular weight is 208 g/mol. The first-order chi connectivity index (χ1) is 5.90. The van der Waals surface area contributed by atoms with Crippen molar-refractivity contribution in [3.63, 3.8) is 0 Å². The second-order valence-corrected chi connectivity index (χ2v) is 4.27. The fraction of sp³-hybridized carbons (Fsp3) is 0.600. The van der Waals surface area contributed by atoms with Crippen molar-refractivity contribution in [3.8, 4) is 0 Å². The molecule has 1 rings (SSSR count). The van der Waals surface area contributed by atoms with E-state index in [1.165, 1.54) is 0 Å². The zero-order valence-electron chi connectivity index (χ0n) is 6.59. The van der Waals surface area contributed by atoms with Crippen LogP contribution in [0, 0.1) is 5.21 Å². The number of amides is 2. The van der Waals surface area contributed by atoms with Gasteiger partial charge in [0.1, 0.15) is 0 Å². The molecule has 7 nitrogen and oxygen atoms in total. The second kappa shape index (κ2) is 3.05. The first-order valence-electron chi connectivity index (χ1n) is 3.23. The fourth-order valence-electron chi connectivity index (χ4n) is 0.924. The number of hydroxylamine groups is 2. The predicted octanol–water partition coefficient (Wildman–Crippen LogP) is -1.41. The van der Waals surface area contributed by atoms with Gasteiger partial charge in [0, 0.05) is 0 Å². The van der Waals surface area contributed by atoms with Gasteiger partial charge in [-0.05, 0) is 0 Å². The van der Waals surface area contributed by atoms with Crippen LogP contribution < -0.4 is 0 Å². The highest BCUT2D eigenvalue weighted by atomic mass is 32.2. The van der Waals surface area contributed by atoms with Crippen LogP contribution in [0.1, 0.15) is 6.42 Å². The van der Waals surface area contributed by atoms with Crippen molar-refractivity contribution < 1.29 is 22.2 Å². The minimum atomic E-state index is -4.12. The van der Waals surface area contributed by atoms with Gasteiger partial charge in [-0.3, -0.25) is 13.8 Å². The number of imide groups is 1. The molecular formula is C5H6NO6S-. The molecule has 8 heteroatoms. The van der Waals surface area contributed by atoms with Crippen LogP contribution in [0.4, 0.5) is 0 Å². The highest BCUT2D eigenvalue weighted by Gasteiger charge is 2.42. The third-order valence-electron chi connectivity index (χ3n) is 1.64. The topological polar surface area (TPSA) is 104 Å². The Labute approximate surface area is 74.0 Å². The number of carbonyl (C=O) groups excluding carboxylic acids is 2. The third-order valence-corrected chi connectivity index (χ3v) is 3.17. The van der Waals surface area contributed by atoms with E-state index in [9.17, 15) is 23.2 Å². The van der Waals surface area contributed by atoms with E-state index < -0.39 is 38.7 Å². The Kier molecular flexibility index (Phi) is 2.37. The Hall–Kier alpha value is -0.990. The van der Waals surface area contributed by atoms with E-state index in [-0.39, 0.29) is 0 Å². The normalized spacial score (nSPS) is 24.2. The van der Waals surface area contributed by atoms with Gasteiger partial charge in [-0.25, -0.2) is 0 Å². The molecule has 0 N–H and O–H groups in total. The summed E-state index contributed by atoms with van der Waals surface area (Å²) >= 11 is 0. The molecule has 0 aromatic heterocycles. The Morgan fingerprint density at radius 2 is 2.08 bits per heavy atom. The lowest BCUT2D eigenvalue weighted by Crippen LogP contribution is -2.31. The molecule has 2 amide bonds. The average Bonchev–Trinajstić information content (AvgIpc) is 2.33. The molecule has 1 unspecified atom stereocenters. The summed E-state index contributed by atoms with van der Waals surface area (Å²) in [5.74, 6) is -2.34. The number of hydrogen-bond acceptors (Lipinski definition) is 6. The maximum atomic E-state index is 10.9. The van der Waals surface area contributed by atoms with Crippen LogP contribution in [0.25, 0.3) is 0 Å². The first kappa shape index (κ1) is 10.1. The van der Waals surface area contributed by atoms with E-state index in [2.05, 4.69) is 4.18 Å². The van der Waals surface area contributed by atoms with E-state index in [0.29, 0.717) is 0 Å². The first-order valence-corrected chi connectivity index (χ1v) is 4.70. The van der Waals surface area contributed by atoms with E-state index in [1.807, 2.05) is 0 Å². The van der Waals surface area contributed by atoms with Crippen molar-refractivity contribution in [2.24, 2.45) is 0 Å². The number of rotatable bonds is 2. The quantitative estimate of drug-likeness (QED) is 0.407. The number of hydrogen-bond donors (Lipinski definition) is 0. The number of nitrogens with zero attached hydrogens (tertiary/aromatic N) is 1. The van der Waals surface area contributed by atoms with Crippen LogP contribution in [0.15, 0.2) is 0 Å². The van der Waals surface area contributed by atoms with E-state index in [0.717, 1.165) is 7.11 Å². The van der Waals surface area contributed by atoms with Gasteiger partial charge in [0.15, 0.2) is 5.25 Å². The Morgan fingerprint density at radius 3 is 2.38 bits per heavy atom. The van der Waals surface area contributed by atoms with Crippen molar-refractivity contribution in [2.75, 3.05) is 7.11 Å². The molecule has 1 fully saturated rings. The van der Waals surface area contributed by atoms with Gasteiger partial charge in [-0.2, -0.15) is 8.42 Å². The van der Waals surface area contributed by atoms with Gasteiger partial charge in [0.05, 0.1) is 13.5 Å². The molecule has 0 radical (unpaired) electrons. The SMILES string of the molecule is COS(=O)(=O)C1CC(=O)N([O-])C1=O. The lowest BCUT2D eigenvalue weighted by molar-refractivity contribution is -0.135. The molecule has 13 heavy (non-hydrogen) atoms. The highest BCUT2D eigenvalue weighted by Crippen LogP contribution is 2.19. The summed E-state index contributed by atoms with van der Waals surface area (Å²) in [5, 5.41) is 8.44. The zero-order valence-corrected chi connectivity index (χ0v) is 7.41. The van der Waals surface area contributed by atoms with Crippen molar-refractivity contribution in [1.82, 2.24) is 5.06 Å².